The van der Waals surface area contributed by atoms with E-state index in [1.54, 1.807) is 6.07 Å². The number of pyridine rings is 1. The van der Waals surface area contributed by atoms with Crippen LogP contribution in [0.25, 0.3) is 33.3 Å². The van der Waals surface area contributed by atoms with E-state index in [0.29, 0.717) is 5.65 Å². The maximum absolute atomic E-state index is 11.3. The average Bonchev–Trinajstić information content (AvgIpc) is 2.89. The van der Waals surface area contributed by atoms with Gasteiger partial charge < -0.3 is 9.97 Å². The van der Waals surface area contributed by atoms with E-state index in [4.69, 9.17) is 0 Å². The van der Waals surface area contributed by atoms with Gasteiger partial charge in [-0.1, -0.05) is 36.4 Å². The van der Waals surface area contributed by atoms with Gasteiger partial charge in [0.2, 0.25) is 5.56 Å². The minimum atomic E-state index is -0.144. The fourth-order valence-electron chi connectivity index (χ4n) is 2.39. The Morgan fingerprint density at radius 1 is 0.850 bits per heavy atom. The quantitative estimate of drug-likeness (QED) is 0.553. The molecule has 2 N–H and O–H groups in total. The van der Waals surface area contributed by atoms with Gasteiger partial charge in [0.25, 0.3) is 0 Å². The molecular weight excluding hydrogens is 250 g/mol. The fourth-order valence-corrected chi connectivity index (χ4v) is 2.39. The second-order valence-corrected chi connectivity index (χ2v) is 4.73. The highest BCUT2D eigenvalue weighted by molar-refractivity contribution is 5.87. The van der Waals surface area contributed by atoms with Crippen LogP contribution in [0.4, 0.5) is 0 Å². The molecule has 20 heavy (non-hydrogen) atoms. The monoisotopic (exact) mass is 261 g/mol. The molecule has 0 saturated carbocycles. The van der Waals surface area contributed by atoms with Gasteiger partial charge in [-0.25, -0.2) is 4.98 Å². The molecule has 0 aliphatic heterocycles. The minimum absolute atomic E-state index is 0.144. The van der Waals surface area contributed by atoms with Crippen LogP contribution in [-0.2, 0) is 0 Å². The van der Waals surface area contributed by atoms with Crippen LogP contribution in [0.5, 0.6) is 0 Å². The Hall–Kier alpha value is -2.88. The van der Waals surface area contributed by atoms with Gasteiger partial charge in [0.15, 0.2) is 5.65 Å². The molecule has 2 aromatic carbocycles. The van der Waals surface area contributed by atoms with E-state index in [2.05, 4.69) is 39.2 Å². The number of aromatic nitrogens is 3. The summed E-state index contributed by atoms with van der Waals surface area (Å²) in [5.41, 5.74) is 2.27. The number of benzene rings is 2. The maximum Gasteiger partial charge on any atom is 0.249 e. The first-order valence-electron chi connectivity index (χ1n) is 6.38. The molecule has 0 fully saturated rings. The molecule has 0 bridgehead atoms. The summed E-state index contributed by atoms with van der Waals surface area (Å²) in [5, 5.41) is 2.36. The second kappa shape index (κ2) is 4.06. The van der Waals surface area contributed by atoms with E-state index in [1.807, 2.05) is 18.2 Å². The van der Waals surface area contributed by atoms with E-state index in [-0.39, 0.29) is 5.56 Å². The number of nitrogens with one attached hydrogen (secondary N) is 2. The van der Waals surface area contributed by atoms with E-state index < -0.39 is 0 Å². The number of nitrogens with zero attached hydrogens (tertiary/aromatic N) is 1. The highest BCUT2D eigenvalue weighted by atomic mass is 16.1. The summed E-state index contributed by atoms with van der Waals surface area (Å²) < 4.78 is 0. The number of rotatable bonds is 1. The van der Waals surface area contributed by atoms with Gasteiger partial charge >= 0.3 is 0 Å². The normalized spacial score (nSPS) is 11.2. The number of hydrogen-bond acceptors (Lipinski definition) is 2. The Morgan fingerprint density at radius 3 is 2.60 bits per heavy atom. The summed E-state index contributed by atoms with van der Waals surface area (Å²) in [5.74, 6) is 0.757. The van der Waals surface area contributed by atoms with Crippen LogP contribution >= 0.6 is 0 Å². The van der Waals surface area contributed by atoms with Crippen LogP contribution in [0.1, 0.15) is 0 Å². The molecule has 2 heterocycles. The van der Waals surface area contributed by atoms with Gasteiger partial charge in [0, 0.05) is 11.6 Å². The first-order chi connectivity index (χ1) is 9.79. The molecule has 0 radical (unpaired) electrons. The van der Waals surface area contributed by atoms with Crippen molar-refractivity contribution >= 4 is 21.9 Å². The SMILES string of the molecule is O=c1ccc2[nH]c(-c3ccc4ccccc4c3)nc2[nH]1. The van der Waals surface area contributed by atoms with E-state index in [1.165, 1.54) is 16.8 Å². The first kappa shape index (κ1) is 11.0. The summed E-state index contributed by atoms with van der Waals surface area (Å²) in [6.07, 6.45) is 0. The Kier molecular flexibility index (Phi) is 2.23. The van der Waals surface area contributed by atoms with Crippen molar-refractivity contribution < 1.29 is 0 Å². The zero-order valence-electron chi connectivity index (χ0n) is 10.6. The predicted octanol–water partition coefficient (Wildman–Crippen LogP) is 3.07. The zero-order valence-corrected chi connectivity index (χ0v) is 10.6. The number of H-pyrrole nitrogens is 2. The molecule has 4 heteroatoms. The van der Waals surface area contributed by atoms with Crippen molar-refractivity contribution in [3.63, 3.8) is 0 Å². The molecule has 0 unspecified atom stereocenters. The summed E-state index contributed by atoms with van der Waals surface area (Å²) in [6.45, 7) is 0. The van der Waals surface area contributed by atoms with Crippen LogP contribution in [0.3, 0.4) is 0 Å². The molecule has 0 atom stereocenters. The standard InChI is InChI=1S/C16H11N3O/c20-14-8-7-13-16(18-14)19-15(17-13)12-6-5-10-3-1-2-4-11(10)9-12/h1-9H,(H2,17,18,19,20). The zero-order chi connectivity index (χ0) is 13.5. The molecule has 0 aliphatic rings. The van der Waals surface area contributed by atoms with Crippen molar-refractivity contribution in [3.8, 4) is 11.4 Å². The molecule has 2 aromatic heterocycles. The fraction of sp³-hybridized carbons (Fsp3) is 0. The molecular formula is C16H11N3O. The molecule has 0 amide bonds. The van der Waals surface area contributed by atoms with Crippen molar-refractivity contribution in [2.75, 3.05) is 0 Å². The lowest BCUT2D eigenvalue weighted by Gasteiger charge is -2.00. The van der Waals surface area contributed by atoms with E-state index >= 15 is 0 Å². The Balaban J connectivity index is 1.93. The van der Waals surface area contributed by atoms with Crippen LogP contribution in [0.2, 0.25) is 0 Å². The van der Waals surface area contributed by atoms with Crippen LogP contribution in [0, 0.1) is 0 Å². The number of hydrogen-bond donors (Lipinski definition) is 2. The third-order valence-corrected chi connectivity index (χ3v) is 3.40. The van der Waals surface area contributed by atoms with Crippen LogP contribution in [0.15, 0.2) is 59.4 Å². The lowest BCUT2D eigenvalue weighted by atomic mass is 10.1. The van der Waals surface area contributed by atoms with Gasteiger partial charge in [0.05, 0.1) is 5.52 Å². The third-order valence-electron chi connectivity index (χ3n) is 3.40. The molecule has 4 rings (SSSR count). The van der Waals surface area contributed by atoms with Crippen LogP contribution in [-0.4, -0.2) is 15.0 Å². The van der Waals surface area contributed by atoms with Crippen molar-refractivity contribution in [3.05, 3.63) is 65.0 Å². The van der Waals surface area contributed by atoms with Gasteiger partial charge in [-0.05, 0) is 22.9 Å². The largest absolute Gasteiger partial charge is 0.337 e. The third kappa shape index (κ3) is 1.70. The van der Waals surface area contributed by atoms with Crippen molar-refractivity contribution in [2.24, 2.45) is 0 Å². The Morgan fingerprint density at radius 2 is 1.70 bits per heavy atom. The summed E-state index contributed by atoms with van der Waals surface area (Å²) >= 11 is 0. The van der Waals surface area contributed by atoms with Gasteiger partial charge in [-0.2, -0.15) is 0 Å². The summed E-state index contributed by atoms with van der Waals surface area (Å²) in [4.78, 5) is 21.7. The highest BCUT2D eigenvalue weighted by Crippen LogP contribution is 2.23. The first-order valence-corrected chi connectivity index (χ1v) is 6.38. The van der Waals surface area contributed by atoms with Gasteiger partial charge in [0.1, 0.15) is 5.82 Å². The highest BCUT2D eigenvalue weighted by Gasteiger charge is 2.06. The van der Waals surface area contributed by atoms with E-state index in [9.17, 15) is 4.79 Å². The van der Waals surface area contributed by atoms with Crippen LogP contribution < -0.4 is 5.56 Å². The molecule has 4 nitrogen and oxygen atoms in total. The molecule has 96 valence electrons. The van der Waals surface area contributed by atoms with Gasteiger partial charge in [-0.15, -0.1) is 0 Å². The summed E-state index contributed by atoms with van der Waals surface area (Å²) in [7, 11) is 0. The minimum Gasteiger partial charge on any atom is -0.337 e. The molecule has 0 saturated heterocycles. The molecule has 4 aromatic rings. The summed E-state index contributed by atoms with van der Waals surface area (Å²) in [6, 6.07) is 17.6. The number of imidazole rings is 1. The van der Waals surface area contributed by atoms with Crippen molar-refractivity contribution in [1.29, 1.82) is 0 Å². The topological polar surface area (TPSA) is 61.5 Å². The van der Waals surface area contributed by atoms with Crippen molar-refractivity contribution in [2.45, 2.75) is 0 Å². The number of fused-ring (bicyclic) bond motifs is 2. The molecule has 0 spiro atoms. The maximum atomic E-state index is 11.3. The molecule has 0 aliphatic carbocycles. The van der Waals surface area contributed by atoms with Crippen molar-refractivity contribution in [1.82, 2.24) is 15.0 Å². The van der Waals surface area contributed by atoms with Gasteiger partial charge in [-0.3, -0.25) is 4.79 Å². The number of aromatic amines is 2. The smallest absolute Gasteiger partial charge is 0.249 e. The van der Waals surface area contributed by atoms with E-state index in [0.717, 1.165) is 16.9 Å². The predicted molar refractivity (Wildman–Crippen MR) is 79.7 cm³/mol. The Bertz CT molecular complexity index is 982. The lowest BCUT2D eigenvalue weighted by molar-refractivity contribution is 1.25. The Labute approximate surface area is 114 Å². The lowest BCUT2D eigenvalue weighted by Crippen LogP contribution is -2.01. The second-order valence-electron chi connectivity index (χ2n) is 4.73. The average molecular weight is 261 g/mol.